The number of hydrogen-bond donors (Lipinski definition) is 4. The predicted octanol–water partition coefficient (Wildman–Crippen LogP) is 4.52. The summed E-state index contributed by atoms with van der Waals surface area (Å²) in [6, 6.07) is 18.2. The molecule has 2 amide bonds. The Kier molecular flexibility index (Phi) is 12.6. The molecule has 7 heteroatoms. The van der Waals surface area contributed by atoms with Crippen LogP contribution in [0.15, 0.2) is 59.6 Å². The van der Waals surface area contributed by atoms with Crippen LogP contribution >= 0.6 is 24.0 Å². The van der Waals surface area contributed by atoms with E-state index < -0.39 is 0 Å². The number of guanidine groups is 1. The van der Waals surface area contributed by atoms with Crippen LogP contribution in [-0.4, -0.2) is 31.1 Å². The van der Waals surface area contributed by atoms with Gasteiger partial charge in [0.15, 0.2) is 5.96 Å². The van der Waals surface area contributed by atoms with Gasteiger partial charge in [-0.25, -0.2) is 9.79 Å². The fourth-order valence-electron chi connectivity index (χ4n) is 2.78. The topological polar surface area (TPSA) is 77.5 Å². The Hall–Kier alpha value is -2.29. The van der Waals surface area contributed by atoms with Crippen molar-refractivity contribution in [2.24, 2.45) is 4.99 Å². The Morgan fingerprint density at radius 1 is 0.967 bits per heavy atom. The lowest BCUT2D eigenvalue weighted by Gasteiger charge is -2.12. The van der Waals surface area contributed by atoms with Gasteiger partial charge >= 0.3 is 6.03 Å². The number of amides is 2. The summed E-state index contributed by atoms with van der Waals surface area (Å²) in [4.78, 5) is 16.4. The molecule has 0 unspecified atom stereocenters. The maximum Gasteiger partial charge on any atom is 0.319 e. The first-order valence-corrected chi connectivity index (χ1v) is 10.3. The van der Waals surface area contributed by atoms with Crippen molar-refractivity contribution in [3.05, 3.63) is 65.7 Å². The number of carbonyl (C=O) groups is 1. The van der Waals surface area contributed by atoms with Gasteiger partial charge in [-0.1, -0.05) is 42.5 Å². The lowest BCUT2D eigenvalue weighted by atomic mass is 10.1. The van der Waals surface area contributed by atoms with E-state index in [-0.39, 0.29) is 36.0 Å². The quantitative estimate of drug-likeness (QED) is 0.169. The largest absolute Gasteiger partial charge is 0.357 e. The number of urea groups is 1. The van der Waals surface area contributed by atoms with Crippen LogP contribution in [0.1, 0.15) is 38.3 Å². The Morgan fingerprint density at radius 3 is 2.30 bits per heavy atom. The molecule has 0 saturated heterocycles. The monoisotopic (exact) mass is 523 g/mol. The molecule has 6 nitrogen and oxygen atoms in total. The van der Waals surface area contributed by atoms with Crippen molar-refractivity contribution >= 4 is 41.7 Å². The van der Waals surface area contributed by atoms with E-state index in [0.717, 1.165) is 43.1 Å². The van der Waals surface area contributed by atoms with E-state index in [9.17, 15) is 4.79 Å². The fourth-order valence-corrected chi connectivity index (χ4v) is 2.78. The summed E-state index contributed by atoms with van der Waals surface area (Å²) in [5.74, 6) is 0.819. The van der Waals surface area contributed by atoms with Crippen molar-refractivity contribution < 1.29 is 4.79 Å². The number of nitrogens with one attached hydrogen (secondary N) is 4. The summed E-state index contributed by atoms with van der Waals surface area (Å²) in [7, 11) is 0. The second-order valence-corrected chi connectivity index (χ2v) is 7.16. The van der Waals surface area contributed by atoms with Gasteiger partial charge in [-0.2, -0.15) is 0 Å². The third-order valence-corrected chi connectivity index (χ3v) is 4.17. The maximum absolute atomic E-state index is 11.7. The summed E-state index contributed by atoms with van der Waals surface area (Å²) >= 11 is 0. The maximum atomic E-state index is 11.7. The van der Waals surface area contributed by atoms with Gasteiger partial charge in [-0.3, -0.25) is 0 Å². The summed E-state index contributed by atoms with van der Waals surface area (Å²) in [5.41, 5.74) is 3.20. The molecule has 0 bridgehead atoms. The van der Waals surface area contributed by atoms with Crippen molar-refractivity contribution in [1.82, 2.24) is 16.0 Å². The average molecular weight is 523 g/mol. The first-order valence-electron chi connectivity index (χ1n) is 10.3. The van der Waals surface area contributed by atoms with Crippen molar-refractivity contribution in [1.29, 1.82) is 0 Å². The number of carbonyl (C=O) groups excluding carboxylic acids is 1. The molecule has 2 aromatic carbocycles. The van der Waals surface area contributed by atoms with Gasteiger partial charge < -0.3 is 21.3 Å². The SMILES string of the molecule is CCNC(=NCc1ccc(NC(=O)NC(C)C)cc1)NCCCc1ccccc1.I. The highest BCUT2D eigenvalue weighted by molar-refractivity contribution is 14.0. The van der Waals surface area contributed by atoms with Crippen LogP contribution in [0.4, 0.5) is 10.5 Å². The molecule has 0 spiro atoms. The molecule has 0 aliphatic heterocycles. The molecule has 0 atom stereocenters. The van der Waals surface area contributed by atoms with Gasteiger partial charge in [0.05, 0.1) is 6.54 Å². The molecule has 0 heterocycles. The van der Waals surface area contributed by atoms with Crippen LogP contribution in [-0.2, 0) is 13.0 Å². The minimum atomic E-state index is -0.195. The highest BCUT2D eigenvalue weighted by Gasteiger charge is 2.03. The van der Waals surface area contributed by atoms with Crippen molar-refractivity contribution in [2.45, 2.75) is 46.2 Å². The molecule has 2 rings (SSSR count). The molecule has 4 N–H and O–H groups in total. The van der Waals surface area contributed by atoms with E-state index in [0.29, 0.717) is 6.54 Å². The fraction of sp³-hybridized carbons (Fsp3) is 0.391. The molecule has 0 aliphatic rings. The molecule has 2 aromatic rings. The van der Waals surface area contributed by atoms with E-state index in [1.807, 2.05) is 44.2 Å². The molecular formula is C23H34IN5O. The number of anilines is 1. The normalized spacial score (nSPS) is 10.9. The molecule has 0 radical (unpaired) electrons. The van der Waals surface area contributed by atoms with Crippen LogP contribution in [0, 0.1) is 0 Å². The minimum Gasteiger partial charge on any atom is -0.357 e. The van der Waals surface area contributed by atoms with Crippen LogP contribution in [0.2, 0.25) is 0 Å². The van der Waals surface area contributed by atoms with Crippen LogP contribution in [0.5, 0.6) is 0 Å². The second kappa shape index (κ2) is 14.7. The highest BCUT2D eigenvalue weighted by Crippen LogP contribution is 2.10. The highest BCUT2D eigenvalue weighted by atomic mass is 127. The van der Waals surface area contributed by atoms with Gasteiger partial charge in [0.1, 0.15) is 0 Å². The number of nitrogens with zero attached hydrogens (tertiary/aromatic N) is 1. The van der Waals surface area contributed by atoms with E-state index in [4.69, 9.17) is 0 Å². The molecule has 0 saturated carbocycles. The Morgan fingerprint density at radius 2 is 1.67 bits per heavy atom. The molecule has 30 heavy (non-hydrogen) atoms. The molecule has 0 aliphatic carbocycles. The zero-order valence-electron chi connectivity index (χ0n) is 18.1. The van der Waals surface area contributed by atoms with Crippen molar-refractivity contribution in [2.75, 3.05) is 18.4 Å². The third kappa shape index (κ3) is 10.5. The summed E-state index contributed by atoms with van der Waals surface area (Å²) in [6.45, 7) is 8.18. The standard InChI is InChI=1S/C23H33N5O.HI/c1-4-24-22(25-16-8-11-19-9-6-5-7-10-19)26-17-20-12-14-21(15-13-20)28-23(29)27-18(2)3;/h5-7,9-10,12-15,18H,4,8,11,16-17H2,1-3H3,(H2,24,25,26)(H2,27,28,29);1H. The predicted molar refractivity (Wildman–Crippen MR) is 137 cm³/mol. The van der Waals surface area contributed by atoms with E-state index in [1.54, 1.807) is 0 Å². The summed E-state index contributed by atoms with van der Waals surface area (Å²) < 4.78 is 0. The van der Waals surface area contributed by atoms with Crippen LogP contribution < -0.4 is 21.3 Å². The van der Waals surface area contributed by atoms with Gasteiger partial charge in [0.25, 0.3) is 0 Å². The average Bonchev–Trinajstić information content (AvgIpc) is 2.70. The Balaban J connectivity index is 0.00000450. The molecule has 164 valence electrons. The number of halogens is 1. The summed E-state index contributed by atoms with van der Waals surface area (Å²) in [5, 5.41) is 12.3. The van der Waals surface area contributed by atoms with Crippen LogP contribution in [0.25, 0.3) is 0 Å². The van der Waals surface area contributed by atoms with E-state index >= 15 is 0 Å². The van der Waals surface area contributed by atoms with Crippen molar-refractivity contribution in [3.63, 3.8) is 0 Å². The third-order valence-electron chi connectivity index (χ3n) is 4.17. The zero-order chi connectivity index (χ0) is 20.9. The Bertz CT molecular complexity index is 763. The lowest BCUT2D eigenvalue weighted by molar-refractivity contribution is 0.250. The number of benzene rings is 2. The second-order valence-electron chi connectivity index (χ2n) is 7.16. The van der Waals surface area contributed by atoms with Gasteiger partial charge in [-0.15, -0.1) is 24.0 Å². The molecule has 0 fully saturated rings. The summed E-state index contributed by atoms with van der Waals surface area (Å²) in [6.07, 6.45) is 2.10. The Labute approximate surface area is 197 Å². The van der Waals surface area contributed by atoms with Crippen molar-refractivity contribution in [3.8, 4) is 0 Å². The van der Waals surface area contributed by atoms with E-state index in [1.165, 1.54) is 5.56 Å². The zero-order valence-corrected chi connectivity index (χ0v) is 20.4. The first kappa shape index (κ1) is 25.7. The first-order chi connectivity index (χ1) is 14.1. The number of aliphatic imine (C=N–C) groups is 1. The van der Waals surface area contributed by atoms with Gasteiger partial charge in [0.2, 0.25) is 0 Å². The molecular weight excluding hydrogens is 489 g/mol. The number of rotatable bonds is 9. The molecule has 0 aromatic heterocycles. The minimum absolute atomic E-state index is 0. The number of aryl methyl sites for hydroxylation is 1. The smallest absolute Gasteiger partial charge is 0.319 e. The van der Waals surface area contributed by atoms with Crippen LogP contribution in [0.3, 0.4) is 0 Å². The van der Waals surface area contributed by atoms with Gasteiger partial charge in [0, 0.05) is 24.8 Å². The lowest BCUT2D eigenvalue weighted by Crippen LogP contribution is -2.37. The van der Waals surface area contributed by atoms with E-state index in [2.05, 4.69) is 57.4 Å². The van der Waals surface area contributed by atoms with Gasteiger partial charge in [-0.05, 0) is 56.9 Å². The number of hydrogen-bond acceptors (Lipinski definition) is 2.